The van der Waals surface area contributed by atoms with E-state index in [4.69, 9.17) is 4.74 Å². The maximum absolute atomic E-state index is 12.0. The summed E-state index contributed by atoms with van der Waals surface area (Å²) in [5.74, 6) is 0. The Morgan fingerprint density at radius 1 is 1.33 bits per heavy atom. The lowest BCUT2D eigenvalue weighted by Crippen LogP contribution is -2.56. The number of aliphatic hydroxyl groups is 1. The van der Waals surface area contributed by atoms with E-state index in [0.29, 0.717) is 6.42 Å². The van der Waals surface area contributed by atoms with E-state index < -0.39 is 23.2 Å². The van der Waals surface area contributed by atoms with Gasteiger partial charge in [0.05, 0.1) is 12.1 Å². The Morgan fingerprint density at radius 2 is 1.95 bits per heavy atom. The third-order valence-corrected chi connectivity index (χ3v) is 3.97. The summed E-state index contributed by atoms with van der Waals surface area (Å²) in [5, 5.41) is 13.4. The number of rotatable bonds is 1. The van der Waals surface area contributed by atoms with E-state index in [1.54, 1.807) is 0 Å². The minimum atomic E-state index is -0.653. The molecular formula is C17H25NO3. The van der Waals surface area contributed by atoms with Crippen molar-refractivity contribution < 1.29 is 14.6 Å². The first-order chi connectivity index (χ1) is 9.61. The van der Waals surface area contributed by atoms with Gasteiger partial charge in [0.1, 0.15) is 5.60 Å². The fourth-order valence-corrected chi connectivity index (χ4v) is 2.93. The smallest absolute Gasteiger partial charge is 0.407 e. The van der Waals surface area contributed by atoms with Gasteiger partial charge >= 0.3 is 6.09 Å². The summed E-state index contributed by atoms with van der Waals surface area (Å²) in [6.07, 6.45) is -0.526. The Kier molecular flexibility index (Phi) is 4.02. The van der Waals surface area contributed by atoms with Crippen LogP contribution in [0.2, 0.25) is 0 Å². The highest BCUT2D eigenvalue weighted by atomic mass is 16.6. The van der Waals surface area contributed by atoms with E-state index in [1.165, 1.54) is 0 Å². The molecule has 0 saturated heterocycles. The molecule has 0 saturated carbocycles. The Labute approximate surface area is 126 Å². The van der Waals surface area contributed by atoms with Gasteiger partial charge in [-0.15, -0.1) is 0 Å². The quantitative estimate of drug-likeness (QED) is 0.836. The van der Waals surface area contributed by atoms with Gasteiger partial charge in [0.25, 0.3) is 0 Å². The molecule has 1 aromatic rings. The number of nitrogens with one attached hydrogen (secondary N) is 1. The Balaban J connectivity index is 2.19. The van der Waals surface area contributed by atoms with Crippen molar-refractivity contribution in [1.82, 2.24) is 5.32 Å². The van der Waals surface area contributed by atoms with Crippen LogP contribution in [0.4, 0.5) is 4.79 Å². The predicted molar refractivity (Wildman–Crippen MR) is 82.3 cm³/mol. The number of ether oxygens (including phenoxy) is 1. The number of amides is 1. The van der Waals surface area contributed by atoms with Crippen LogP contribution < -0.4 is 5.32 Å². The lowest BCUT2D eigenvalue weighted by Gasteiger charge is -2.42. The maximum atomic E-state index is 12.0. The van der Waals surface area contributed by atoms with Crippen molar-refractivity contribution in [2.24, 2.45) is 0 Å². The number of carbonyl (C=O) groups is 1. The molecule has 0 aliphatic heterocycles. The molecule has 21 heavy (non-hydrogen) atoms. The number of carbonyl (C=O) groups excluding carboxylic acids is 1. The van der Waals surface area contributed by atoms with Gasteiger partial charge in [-0.2, -0.15) is 0 Å². The number of fused-ring (bicyclic) bond motifs is 1. The van der Waals surface area contributed by atoms with Gasteiger partial charge < -0.3 is 15.2 Å². The molecular weight excluding hydrogens is 266 g/mol. The maximum Gasteiger partial charge on any atom is 0.407 e. The molecule has 1 aliphatic carbocycles. The molecule has 0 unspecified atom stereocenters. The van der Waals surface area contributed by atoms with Crippen LogP contribution in [0.1, 0.15) is 45.7 Å². The molecule has 1 amide bonds. The summed E-state index contributed by atoms with van der Waals surface area (Å²) in [7, 11) is 0. The van der Waals surface area contributed by atoms with Crippen molar-refractivity contribution in [3.63, 3.8) is 0 Å². The zero-order valence-corrected chi connectivity index (χ0v) is 13.4. The first-order valence-electron chi connectivity index (χ1n) is 7.37. The number of aliphatic hydroxyl groups excluding tert-OH is 1. The van der Waals surface area contributed by atoms with E-state index >= 15 is 0 Å². The van der Waals surface area contributed by atoms with Crippen molar-refractivity contribution in [3.05, 3.63) is 35.4 Å². The molecule has 2 atom stereocenters. The molecule has 0 fully saturated rings. The molecule has 2 rings (SSSR count). The SMILES string of the molecule is CC(C)(C)OC(=O)N[C@@H]1Cc2ccccc2C(C)(C)[C@@H]1O. The largest absolute Gasteiger partial charge is 0.444 e. The van der Waals surface area contributed by atoms with Crippen LogP contribution in [0.3, 0.4) is 0 Å². The second-order valence-electron chi connectivity index (χ2n) is 7.28. The highest BCUT2D eigenvalue weighted by Gasteiger charge is 2.42. The molecule has 0 heterocycles. The molecule has 0 aromatic heterocycles. The number of benzene rings is 1. The fraction of sp³-hybridized carbons (Fsp3) is 0.588. The van der Waals surface area contributed by atoms with Crippen LogP contribution >= 0.6 is 0 Å². The van der Waals surface area contributed by atoms with Crippen LogP contribution in [0.5, 0.6) is 0 Å². The number of hydrogen-bond acceptors (Lipinski definition) is 3. The minimum absolute atomic E-state index is 0.343. The van der Waals surface area contributed by atoms with Crippen LogP contribution in [-0.2, 0) is 16.6 Å². The normalized spacial score (nSPS) is 24.1. The van der Waals surface area contributed by atoms with E-state index in [9.17, 15) is 9.90 Å². The summed E-state index contributed by atoms with van der Waals surface area (Å²) in [6.45, 7) is 9.47. The Hall–Kier alpha value is -1.55. The van der Waals surface area contributed by atoms with Gasteiger partial charge in [-0.3, -0.25) is 0 Å². The summed E-state index contributed by atoms with van der Waals surface area (Å²) in [6, 6.07) is 7.71. The summed E-state index contributed by atoms with van der Waals surface area (Å²) in [5.41, 5.74) is 1.35. The van der Waals surface area contributed by atoms with Gasteiger partial charge in [-0.25, -0.2) is 4.79 Å². The second kappa shape index (κ2) is 5.34. The van der Waals surface area contributed by atoms with Crippen LogP contribution in [-0.4, -0.2) is 28.9 Å². The monoisotopic (exact) mass is 291 g/mol. The zero-order chi connectivity index (χ0) is 15.8. The van der Waals surface area contributed by atoms with Crippen molar-refractivity contribution >= 4 is 6.09 Å². The average Bonchev–Trinajstić information content (AvgIpc) is 2.34. The second-order valence-corrected chi connectivity index (χ2v) is 7.28. The Morgan fingerprint density at radius 3 is 2.57 bits per heavy atom. The molecule has 0 radical (unpaired) electrons. The van der Waals surface area contributed by atoms with E-state index in [1.807, 2.05) is 58.9 Å². The van der Waals surface area contributed by atoms with Gasteiger partial charge in [0.2, 0.25) is 0 Å². The van der Waals surface area contributed by atoms with E-state index in [-0.39, 0.29) is 6.04 Å². The van der Waals surface area contributed by atoms with Crippen molar-refractivity contribution in [3.8, 4) is 0 Å². The first kappa shape index (κ1) is 15.8. The van der Waals surface area contributed by atoms with Gasteiger partial charge in [0.15, 0.2) is 0 Å². The van der Waals surface area contributed by atoms with Gasteiger partial charge in [-0.05, 0) is 38.3 Å². The zero-order valence-electron chi connectivity index (χ0n) is 13.4. The molecule has 2 N–H and O–H groups in total. The lowest BCUT2D eigenvalue weighted by molar-refractivity contribution is 0.0257. The summed E-state index contributed by atoms with van der Waals surface area (Å²) < 4.78 is 5.28. The predicted octanol–water partition coefficient (Wildman–Crippen LogP) is 2.77. The molecule has 4 nitrogen and oxygen atoms in total. The van der Waals surface area contributed by atoms with E-state index in [0.717, 1.165) is 11.1 Å². The molecule has 1 aromatic carbocycles. The number of hydrogen-bond donors (Lipinski definition) is 2. The van der Waals surface area contributed by atoms with Crippen LogP contribution in [0, 0.1) is 0 Å². The van der Waals surface area contributed by atoms with Crippen molar-refractivity contribution in [1.29, 1.82) is 0 Å². The van der Waals surface area contributed by atoms with Crippen LogP contribution in [0.25, 0.3) is 0 Å². The molecule has 1 aliphatic rings. The summed E-state index contributed by atoms with van der Waals surface area (Å²) >= 11 is 0. The first-order valence-corrected chi connectivity index (χ1v) is 7.37. The van der Waals surface area contributed by atoms with Crippen molar-refractivity contribution in [2.45, 2.75) is 64.2 Å². The topological polar surface area (TPSA) is 58.6 Å². The highest BCUT2D eigenvalue weighted by molar-refractivity contribution is 5.68. The average molecular weight is 291 g/mol. The summed E-state index contributed by atoms with van der Waals surface area (Å²) in [4.78, 5) is 12.0. The Bertz CT molecular complexity index is 531. The van der Waals surface area contributed by atoms with E-state index in [2.05, 4.69) is 5.32 Å². The van der Waals surface area contributed by atoms with Gasteiger partial charge in [0, 0.05) is 5.41 Å². The molecule has 0 spiro atoms. The minimum Gasteiger partial charge on any atom is -0.444 e. The molecule has 116 valence electrons. The number of alkyl carbamates (subject to hydrolysis) is 1. The molecule has 4 heteroatoms. The third kappa shape index (κ3) is 3.38. The molecule has 0 bridgehead atoms. The standard InChI is InChI=1S/C17H25NO3/c1-16(2,3)21-15(20)18-13-10-11-8-6-7-9-12(11)17(4,5)14(13)19/h6-9,13-14,19H,10H2,1-5H3,(H,18,20)/t13-,14-/m1/s1. The van der Waals surface area contributed by atoms with Crippen molar-refractivity contribution in [2.75, 3.05) is 0 Å². The highest BCUT2D eigenvalue weighted by Crippen LogP contribution is 2.37. The fourth-order valence-electron chi connectivity index (χ4n) is 2.93. The third-order valence-electron chi connectivity index (χ3n) is 3.97. The van der Waals surface area contributed by atoms with Gasteiger partial charge in [-0.1, -0.05) is 38.1 Å². The lowest BCUT2D eigenvalue weighted by atomic mass is 9.68. The van der Waals surface area contributed by atoms with Crippen LogP contribution in [0.15, 0.2) is 24.3 Å².